The molecular formula is C18H16ClN3OS. The Bertz CT molecular complexity index is 864. The summed E-state index contributed by atoms with van der Waals surface area (Å²) in [5.74, 6) is -0.219. The van der Waals surface area contributed by atoms with Crippen LogP contribution in [0, 0.1) is 6.92 Å². The highest BCUT2D eigenvalue weighted by atomic mass is 35.5. The number of nitrogens with one attached hydrogen (secondary N) is 1. The van der Waals surface area contributed by atoms with Crippen LogP contribution in [-0.4, -0.2) is 15.9 Å². The standard InChI is InChI=1S/C18H16ClN3OS/c1-11(21-17(23)14-8-9-20-10-15(14)19)16-12(2)22-18(24-16)13-6-4-3-5-7-13/h3-11H,1-2H3,(H,21,23). The molecule has 1 N–H and O–H groups in total. The number of aryl methyl sites for hydroxylation is 1. The average Bonchev–Trinajstić information content (AvgIpc) is 2.98. The highest BCUT2D eigenvalue weighted by Gasteiger charge is 2.19. The molecule has 0 saturated heterocycles. The molecule has 6 heteroatoms. The molecule has 2 heterocycles. The fraction of sp³-hybridized carbons (Fsp3) is 0.167. The van der Waals surface area contributed by atoms with Gasteiger partial charge >= 0.3 is 0 Å². The molecule has 0 aliphatic heterocycles. The molecule has 0 radical (unpaired) electrons. The SMILES string of the molecule is Cc1nc(-c2ccccc2)sc1C(C)NC(=O)c1ccncc1Cl. The van der Waals surface area contributed by atoms with Crippen LogP contribution in [0.1, 0.15) is 33.9 Å². The molecule has 3 aromatic rings. The van der Waals surface area contributed by atoms with E-state index in [-0.39, 0.29) is 11.9 Å². The first-order valence-electron chi connectivity index (χ1n) is 7.49. The molecule has 1 atom stereocenters. The maximum Gasteiger partial charge on any atom is 0.253 e. The first kappa shape index (κ1) is 16.6. The number of amides is 1. The summed E-state index contributed by atoms with van der Waals surface area (Å²) in [4.78, 5) is 22.0. The fourth-order valence-electron chi connectivity index (χ4n) is 2.41. The number of nitrogens with zero attached hydrogens (tertiary/aromatic N) is 2. The van der Waals surface area contributed by atoms with Gasteiger partial charge in [0.1, 0.15) is 5.01 Å². The summed E-state index contributed by atoms with van der Waals surface area (Å²) in [7, 11) is 0. The van der Waals surface area contributed by atoms with Crippen molar-refractivity contribution in [2.45, 2.75) is 19.9 Å². The van der Waals surface area contributed by atoms with E-state index >= 15 is 0 Å². The molecule has 0 spiro atoms. The van der Waals surface area contributed by atoms with Crippen molar-refractivity contribution < 1.29 is 4.79 Å². The van der Waals surface area contributed by atoms with Gasteiger partial charge < -0.3 is 5.32 Å². The van der Waals surface area contributed by atoms with E-state index in [1.54, 1.807) is 23.6 Å². The smallest absolute Gasteiger partial charge is 0.253 e. The number of thiazole rings is 1. The first-order chi connectivity index (χ1) is 11.6. The van der Waals surface area contributed by atoms with Crippen molar-refractivity contribution in [2.75, 3.05) is 0 Å². The number of carbonyl (C=O) groups excluding carboxylic acids is 1. The van der Waals surface area contributed by atoms with Crippen LogP contribution in [0.3, 0.4) is 0 Å². The minimum atomic E-state index is -0.219. The minimum absolute atomic E-state index is 0.156. The van der Waals surface area contributed by atoms with Gasteiger partial charge in [0.15, 0.2) is 0 Å². The van der Waals surface area contributed by atoms with Gasteiger partial charge in [0.2, 0.25) is 0 Å². The average molecular weight is 358 g/mol. The van der Waals surface area contributed by atoms with E-state index in [0.29, 0.717) is 10.6 Å². The number of halogens is 1. The molecular weight excluding hydrogens is 342 g/mol. The summed E-state index contributed by atoms with van der Waals surface area (Å²) in [6.07, 6.45) is 3.02. The summed E-state index contributed by atoms with van der Waals surface area (Å²) in [6.45, 7) is 3.91. The van der Waals surface area contributed by atoms with Crippen molar-refractivity contribution in [3.8, 4) is 10.6 Å². The van der Waals surface area contributed by atoms with Gasteiger partial charge in [-0.1, -0.05) is 41.9 Å². The van der Waals surface area contributed by atoms with E-state index < -0.39 is 0 Å². The lowest BCUT2D eigenvalue weighted by Crippen LogP contribution is -2.26. The molecule has 4 nitrogen and oxygen atoms in total. The van der Waals surface area contributed by atoms with Gasteiger partial charge in [-0.25, -0.2) is 4.98 Å². The monoisotopic (exact) mass is 357 g/mol. The third kappa shape index (κ3) is 3.47. The van der Waals surface area contributed by atoms with Crippen molar-refractivity contribution in [1.29, 1.82) is 0 Å². The molecule has 0 aliphatic rings. The zero-order chi connectivity index (χ0) is 17.1. The van der Waals surface area contributed by atoms with Crippen LogP contribution in [0.25, 0.3) is 10.6 Å². The Balaban J connectivity index is 1.81. The van der Waals surface area contributed by atoms with Crippen LogP contribution in [0.4, 0.5) is 0 Å². The van der Waals surface area contributed by atoms with Gasteiger partial charge in [-0.05, 0) is 19.9 Å². The third-order valence-electron chi connectivity index (χ3n) is 3.61. The second-order valence-corrected chi connectivity index (χ2v) is 6.82. The Morgan fingerprint density at radius 3 is 2.71 bits per heavy atom. The van der Waals surface area contributed by atoms with Crippen LogP contribution in [0.2, 0.25) is 5.02 Å². The van der Waals surface area contributed by atoms with Gasteiger partial charge in [0.05, 0.1) is 27.2 Å². The third-order valence-corrected chi connectivity index (χ3v) is 5.30. The molecule has 122 valence electrons. The maximum atomic E-state index is 12.4. The number of rotatable bonds is 4. The zero-order valence-electron chi connectivity index (χ0n) is 13.3. The number of hydrogen-bond donors (Lipinski definition) is 1. The van der Waals surface area contributed by atoms with Crippen LogP contribution < -0.4 is 5.32 Å². The molecule has 0 aliphatic carbocycles. The second kappa shape index (κ2) is 7.11. The quantitative estimate of drug-likeness (QED) is 0.738. The van der Waals surface area contributed by atoms with Crippen LogP contribution in [0.15, 0.2) is 48.8 Å². The first-order valence-corrected chi connectivity index (χ1v) is 8.69. The molecule has 0 saturated carbocycles. The number of pyridine rings is 1. The lowest BCUT2D eigenvalue weighted by atomic mass is 10.2. The van der Waals surface area contributed by atoms with Crippen LogP contribution in [0.5, 0.6) is 0 Å². The Labute approximate surface area is 149 Å². The molecule has 1 amide bonds. The molecule has 2 aromatic heterocycles. The van der Waals surface area contributed by atoms with Crippen molar-refractivity contribution in [1.82, 2.24) is 15.3 Å². The molecule has 0 bridgehead atoms. The van der Waals surface area contributed by atoms with Crippen molar-refractivity contribution in [3.63, 3.8) is 0 Å². The highest BCUT2D eigenvalue weighted by molar-refractivity contribution is 7.15. The predicted molar refractivity (Wildman–Crippen MR) is 97.4 cm³/mol. The summed E-state index contributed by atoms with van der Waals surface area (Å²) in [6, 6.07) is 11.5. The normalized spacial score (nSPS) is 12.0. The summed E-state index contributed by atoms with van der Waals surface area (Å²) in [5.41, 5.74) is 2.42. The highest BCUT2D eigenvalue weighted by Crippen LogP contribution is 2.31. The van der Waals surface area contributed by atoms with E-state index in [2.05, 4.69) is 15.3 Å². The van der Waals surface area contributed by atoms with Crippen molar-refractivity contribution in [2.24, 2.45) is 0 Å². The second-order valence-electron chi connectivity index (χ2n) is 5.39. The van der Waals surface area contributed by atoms with Gasteiger partial charge in [-0.2, -0.15) is 0 Å². The van der Waals surface area contributed by atoms with Gasteiger partial charge in [-0.15, -0.1) is 11.3 Å². The summed E-state index contributed by atoms with van der Waals surface area (Å²) >= 11 is 7.62. The number of aromatic nitrogens is 2. The van der Waals surface area contributed by atoms with Crippen molar-refractivity contribution in [3.05, 3.63) is 69.9 Å². The lowest BCUT2D eigenvalue weighted by Gasteiger charge is -2.13. The van der Waals surface area contributed by atoms with E-state index in [1.165, 1.54) is 6.20 Å². The molecule has 24 heavy (non-hydrogen) atoms. The summed E-state index contributed by atoms with van der Waals surface area (Å²) in [5, 5.41) is 4.27. The number of hydrogen-bond acceptors (Lipinski definition) is 4. The van der Waals surface area contributed by atoms with Crippen molar-refractivity contribution >= 4 is 28.8 Å². The molecule has 1 aromatic carbocycles. The Morgan fingerprint density at radius 2 is 2.00 bits per heavy atom. The lowest BCUT2D eigenvalue weighted by molar-refractivity contribution is 0.0940. The van der Waals surface area contributed by atoms with E-state index in [1.807, 2.05) is 44.2 Å². The number of carbonyl (C=O) groups is 1. The van der Waals surface area contributed by atoms with E-state index in [4.69, 9.17) is 11.6 Å². The Kier molecular flexibility index (Phi) is 4.92. The van der Waals surface area contributed by atoms with Gasteiger partial charge in [-0.3, -0.25) is 9.78 Å². The molecule has 1 unspecified atom stereocenters. The molecule has 0 fully saturated rings. The largest absolute Gasteiger partial charge is 0.345 e. The Hall–Kier alpha value is -2.24. The predicted octanol–water partition coefficient (Wildman–Crippen LogP) is 4.66. The van der Waals surface area contributed by atoms with Crippen LogP contribution >= 0.6 is 22.9 Å². The van der Waals surface area contributed by atoms with Gasteiger partial charge in [0.25, 0.3) is 5.91 Å². The number of benzene rings is 1. The van der Waals surface area contributed by atoms with E-state index in [9.17, 15) is 4.79 Å². The van der Waals surface area contributed by atoms with Gasteiger partial charge in [0, 0.05) is 18.0 Å². The summed E-state index contributed by atoms with van der Waals surface area (Å²) < 4.78 is 0. The fourth-order valence-corrected chi connectivity index (χ4v) is 3.69. The Morgan fingerprint density at radius 1 is 1.25 bits per heavy atom. The minimum Gasteiger partial charge on any atom is -0.345 e. The molecule has 3 rings (SSSR count). The van der Waals surface area contributed by atoms with Crippen LogP contribution in [-0.2, 0) is 0 Å². The van der Waals surface area contributed by atoms with E-state index in [0.717, 1.165) is 21.1 Å². The maximum absolute atomic E-state index is 12.4. The zero-order valence-corrected chi connectivity index (χ0v) is 14.9. The topological polar surface area (TPSA) is 54.9 Å².